The van der Waals surface area contributed by atoms with Crippen molar-refractivity contribution in [3.05, 3.63) is 107 Å². The second-order valence-electron chi connectivity index (χ2n) is 10.8. The summed E-state index contributed by atoms with van der Waals surface area (Å²) in [5.74, 6) is -0.461. The van der Waals surface area contributed by atoms with Gasteiger partial charge in [-0.25, -0.2) is 8.42 Å². The zero-order valence-electron chi connectivity index (χ0n) is 23.7. The summed E-state index contributed by atoms with van der Waals surface area (Å²) in [6.45, 7) is 4.14. The van der Waals surface area contributed by atoms with E-state index in [0.29, 0.717) is 33.8 Å². The number of amides is 2. The lowest BCUT2D eigenvalue weighted by atomic mass is 10.0. The Morgan fingerprint density at radius 1 is 0.881 bits per heavy atom. The van der Waals surface area contributed by atoms with Gasteiger partial charge in [0.15, 0.2) is 0 Å². The second kappa shape index (κ2) is 12.5. The van der Waals surface area contributed by atoms with E-state index in [1.54, 1.807) is 35.2 Å². The van der Waals surface area contributed by atoms with Crippen LogP contribution in [0.15, 0.2) is 95.9 Å². The van der Waals surface area contributed by atoms with Crippen LogP contribution in [0.5, 0.6) is 0 Å². The highest BCUT2D eigenvalue weighted by Crippen LogP contribution is 2.42. The first kappa shape index (κ1) is 29.6. The lowest BCUT2D eigenvalue weighted by molar-refractivity contribution is -0.141. The topological polar surface area (TPSA) is 86.8 Å². The molecule has 1 N–H and O–H groups in total. The molecular weight excluding hydrogens is 570 g/mol. The van der Waals surface area contributed by atoms with Crippen LogP contribution in [0.2, 0.25) is 5.02 Å². The number of anilines is 1. The van der Waals surface area contributed by atoms with Crippen molar-refractivity contribution >= 4 is 49.9 Å². The molecule has 2 amide bonds. The highest BCUT2D eigenvalue weighted by molar-refractivity contribution is 7.93. The molecule has 0 saturated carbocycles. The zero-order chi connectivity index (χ0) is 29.9. The van der Waals surface area contributed by atoms with E-state index in [9.17, 15) is 18.0 Å². The summed E-state index contributed by atoms with van der Waals surface area (Å²) in [6.07, 6.45) is 0.714. The Hall–Kier alpha value is -3.88. The molecule has 9 heteroatoms. The van der Waals surface area contributed by atoms with Gasteiger partial charge in [0.1, 0.15) is 6.04 Å². The number of benzene rings is 4. The van der Waals surface area contributed by atoms with Crippen LogP contribution in [0.25, 0.3) is 10.8 Å². The lowest BCUT2D eigenvalue weighted by Crippen LogP contribution is -2.51. The Morgan fingerprint density at radius 3 is 2.26 bits per heavy atom. The minimum Gasteiger partial charge on any atom is -0.352 e. The molecule has 0 radical (unpaired) electrons. The molecule has 42 heavy (non-hydrogen) atoms. The maximum absolute atomic E-state index is 13.9. The minimum absolute atomic E-state index is 0.0756. The first-order valence-corrected chi connectivity index (χ1v) is 15.9. The van der Waals surface area contributed by atoms with Crippen molar-refractivity contribution < 1.29 is 18.0 Å². The van der Waals surface area contributed by atoms with Gasteiger partial charge in [0.25, 0.3) is 10.0 Å². The van der Waals surface area contributed by atoms with E-state index < -0.39 is 16.1 Å². The number of sulfonamides is 1. The molecule has 1 aliphatic heterocycles. The van der Waals surface area contributed by atoms with E-state index in [0.717, 1.165) is 16.5 Å². The maximum Gasteiger partial charge on any atom is 0.265 e. The van der Waals surface area contributed by atoms with Crippen molar-refractivity contribution in [1.29, 1.82) is 0 Å². The number of nitrogens with one attached hydrogen (secondary N) is 1. The van der Waals surface area contributed by atoms with Gasteiger partial charge >= 0.3 is 0 Å². The van der Waals surface area contributed by atoms with Crippen molar-refractivity contribution in [1.82, 2.24) is 10.2 Å². The van der Waals surface area contributed by atoms with Gasteiger partial charge in [0.2, 0.25) is 11.8 Å². The van der Waals surface area contributed by atoms with E-state index in [1.165, 1.54) is 4.31 Å². The number of hydrogen-bond donors (Lipinski definition) is 1. The molecule has 0 saturated heterocycles. The summed E-state index contributed by atoms with van der Waals surface area (Å²) in [6, 6.07) is 26.8. The van der Waals surface area contributed by atoms with Crippen molar-refractivity contribution in [2.24, 2.45) is 0 Å². The van der Waals surface area contributed by atoms with Crippen LogP contribution in [-0.2, 0) is 32.6 Å². The fourth-order valence-electron chi connectivity index (χ4n) is 5.44. The second-order valence-corrected chi connectivity index (χ2v) is 13.1. The van der Waals surface area contributed by atoms with Gasteiger partial charge in [-0.15, -0.1) is 0 Å². The van der Waals surface area contributed by atoms with Crippen LogP contribution >= 0.6 is 11.6 Å². The molecule has 5 rings (SSSR count). The van der Waals surface area contributed by atoms with Crippen LogP contribution in [0.4, 0.5) is 5.69 Å². The van der Waals surface area contributed by atoms with Crippen LogP contribution in [0.3, 0.4) is 0 Å². The normalized spacial score (nSPS) is 14.2. The van der Waals surface area contributed by atoms with Crippen LogP contribution in [0, 0.1) is 0 Å². The van der Waals surface area contributed by atoms with E-state index in [2.05, 4.69) is 5.32 Å². The summed E-state index contributed by atoms with van der Waals surface area (Å²) in [5.41, 5.74) is 2.41. The van der Waals surface area contributed by atoms with Gasteiger partial charge in [-0.3, -0.25) is 13.9 Å². The fraction of sp³-hybridized carbons (Fsp3) is 0.273. The first-order chi connectivity index (χ1) is 20.1. The van der Waals surface area contributed by atoms with Gasteiger partial charge in [0, 0.05) is 42.4 Å². The van der Waals surface area contributed by atoms with E-state index in [1.807, 2.05) is 74.5 Å². The van der Waals surface area contributed by atoms with Crippen molar-refractivity contribution in [3.63, 3.8) is 0 Å². The van der Waals surface area contributed by atoms with Crippen LogP contribution in [-0.4, -0.2) is 43.8 Å². The third kappa shape index (κ3) is 6.30. The molecular formula is C33H34ClN3O4S. The Balaban J connectivity index is 1.39. The number of rotatable bonds is 11. The fourth-order valence-corrected chi connectivity index (χ4v) is 7.31. The maximum atomic E-state index is 13.9. The molecule has 1 aliphatic rings. The molecule has 4 aromatic carbocycles. The summed E-state index contributed by atoms with van der Waals surface area (Å²) in [5, 5.41) is 5.14. The Labute approximate surface area is 252 Å². The van der Waals surface area contributed by atoms with Crippen LogP contribution < -0.4 is 9.62 Å². The Kier molecular flexibility index (Phi) is 8.85. The van der Waals surface area contributed by atoms with Crippen molar-refractivity contribution in [2.45, 2.75) is 56.6 Å². The SMILES string of the molecule is CC(C)NC(=O)[C@@H](Cc1ccccc1)N(Cc1ccc(Cl)cc1)C(=O)CCCN1c2cccc3cccc(c23)S1(=O)=O. The molecule has 0 bridgehead atoms. The lowest BCUT2D eigenvalue weighted by Gasteiger charge is -2.32. The van der Waals surface area contributed by atoms with Crippen molar-refractivity contribution in [3.8, 4) is 0 Å². The van der Waals surface area contributed by atoms with E-state index in [-0.39, 0.29) is 37.4 Å². The minimum atomic E-state index is -3.72. The molecule has 0 aliphatic carbocycles. The molecule has 218 valence electrons. The highest BCUT2D eigenvalue weighted by Gasteiger charge is 2.36. The average molecular weight is 604 g/mol. The molecule has 4 aromatic rings. The molecule has 1 atom stereocenters. The Morgan fingerprint density at radius 2 is 1.57 bits per heavy atom. The predicted molar refractivity (Wildman–Crippen MR) is 167 cm³/mol. The van der Waals surface area contributed by atoms with Crippen molar-refractivity contribution in [2.75, 3.05) is 10.8 Å². The third-order valence-corrected chi connectivity index (χ3v) is 9.51. The number of carbonyl (C=O) groups is 2. The number of carbonyl (C=O) groups excluding carboxylic acids is 2. The summed E-state index contributed by atoms with van der Waals surface area (Å²) in [4.78, 5) is 29.4. The van der Waals surface area contributed by atoms with Gasteiger partial charge in [0.05, 0.1) is 10.6 Å². The zero-order valence-corrected chi connectivity index (χ0v) is 25.2. The summed E-state index contributed by atoms with van der Waals surface area (Å²) < 4.78 is 28.2. The smallest absolute Gasteiger partial charge is 0.265 e. The third-order valence-electron chi connectivity index (χ3n) is 7.40. The number of nitrogens with zero attached hydrogens (tertiary/aromatic N) is 2. The molecule has 0 spiro atoms. The molecule has 7 nitrogen and oxygen atoms in total. The first-order valence-electron chi connectivity index (χ1n) is 14.1. The summed E-state index contributed by atoms with van der Waals surface area (Å²) >= 11 is 6.11. The monoisotopic (exact) mass is 603 g/mol. The largest absolute Gasteiger partial charge is 0.352 e. The molecule has 0 aromatic heterocycles. The average Bonchev–Trinajstić information content (AvgIpc) is 3.19. The Bertz CT molecular complexity index is 1690. The summed E-state index contributed by atoms with van der Waals surface area (Å²) in [7, 11) is -3.72. The van der Waals surface area contributed by atoms with Crippen LogP contribution in [0.1, 0.15) is 37.8 Å². The molecule has 0 unspecified atom stereocenters. The van der Waals surface area contributed by atoms with E-state index >= 15 is 0 Å². The molecule has 0 fully saturated rings. The van der Waals surface area contributed by atoms with E-state index in [4.69, 9.17) is 11.6 Å². The quantitative estimate of drug-likeness (QED) is 0.230. The number of hydrogen-bond acceptors (Lipinski definition) is 4. The van der Waals surface area contributed by atoms with Gasteiger partial charge in [-0.2, -0.15) is 0 Å². The predicted octanol–water partition coefficient (Wildman–Crippen LogP) is 5.95. The highest BCUT2D eigenvalue weighted by atomic mass is 35.5. The standard InChI is InChI=1S/C33H34ClN3O4S/c1-23(2)35-33(39)29(21-24-9-4-3-5-10-24)36(22-25-16-18-27(34)19-17-25)31(38)15-8-20-37-28-13-6-11-26-12-7-14-30(32(26)28)42(37,40)41/h3-7,9-14,16-19,23,29H,8,15,20-22H2,1-2H3,(H,35,39)/t29-/m1/s1. The van der Waals surface area contributed by atoms with Gasteiger partial charge in [-0.1, -0.05) is 78.3 Å². The van der Waals surface area contributed by atoms with Gasteiger partial charge in [-0.05, 0) is 61.0 Å². The number of halogens is 1. The molecule has 1 heterocycles. The van der Waals surface area contributed by atoms with Gasteiger partial charge < -0.3 is 10.2 Å².